The number of anilines is 1. The highest BCUT2D eigenvalue weighted by molar-refractivity contribution is 7.80. The Hall–Kier alpha value is -1.88. The van der Waals surface area contributed by atoms with Crippen LogP contribution in [-0.4, -0.2) is 20.9 Å². The summed E-state index contributed by atoms with van der Waals surface area (Å²) >= 11 is 5.33. The molecule has 1 aromatic heterocycles. The number of hydrogen-bond donors (Lipinski definition) is 2. The van der Waals surface area contributed by atoms with Crippen molar-refractivity contribution in [2.24, 2.45) is 0 Å². The Labute approximate surface area is 137 Å². The summed E-state index contributed by atoms with van der Waals surface area (Å²) in [4.78, 5) is 0. The van der Waals surface area contributed by atoms with E-state index in [2.05, 4.69) is 67.7 Å². The minimum absolute atomic E-state index is 0.309. The first kappa shape index (κ1) is 16.5. The molecule has 0 aliphatic rings. The zero-order valence-corrected chi connectivity index (χ0v) is 14.7. The van der Waals surface area contributed by atoms with E-state index in [0.717, 1.165) is 23.6 Å². The third-order valence-electron chi connectivity index (χ3n) is 3.49. The predicted octanol–water partition coefficient (Wildman–Crippen LogP) is 3.55. The molecule has 2 rings (SSSR count). The molecule has 2 aromatic rings. The van der Waals surface area contributed by atoms with Gasteiger partial charge < -0.3 is 10.6 Å². The molecule has 0 aliphatic carbocycles. The lowest BCUT2D eigenvalue weighted by Crippen LogP contribution is -2.34. The van der Waals surface area contributed by atoms with E-state index in [9.17, 15) is 0 Å². The quantitative estimate of drug-likeness (QED) is 0.847. The highest BCUT2D eigenvalue weighted by Gasteiger charge is 2.13. The average molecular weight is 316 g/mol. The molecule has 0 unspecified atom stereocenters. The maximum absolute atomic E-state index is 5.33. The predicted molar refractivity (Wildman–Crippen MR) is 96.5 cm³/mol. The Balaban J connectivity index is 2.16. The molecule has 2 N–H and O–H groups in total. The fourth-order valence-corrected chi connectivity index (χ4v) is 2.65. The summed E-state index contributed by atoms with van der Waals surface area (Å²) in [6, 6.07) is 8.85. The van der Waals surface area contributed by atoms with E-state index < -0.39 is 0 Å². The van der Waals surface area contributed by atoms with E-state index in [1.807, 2.05) is 11.6 Å². The van der Waals surface area contributed by atoms with E-state index >= 15 is 0 Å². The molecule has 0 amide bonds. The van der Waals surface area contributed by atoms with Crippen molar-refractivity contribution in [1.29, 1.82) is 0 Å². The van der Waals surface area contributed by atoms with Gasteiger partial charge in [-0.3, -0.25) is 4.68 Å². The largest absolute Gasteiger partial charge is 0.360 e. The van der Waals surface area contributed by atoms with Gasteiger partial charge in [0.1, 0.15) is 0 Å². The molecule has 1 aromatic carbocycles. The summed E-state index contributed by atoms with van der Waals surface area (Å²) in [6.45, 7) is 11.0. The second kappa shape index (κ2) is 6.92. The normalized spacial score (nSPS) is 10.8. The maximum atomic E-state index is 5.33. The summed E-state index contributed by atoms with van der Waals surface area (Å²) in [5.41, 5.74) is 5.55. The van der Waals surface area contributed by atoms with Crippen LogP contribution in [0.15, 0.2) is 24.3 Å². The highest BCUT2D eigenvalue weighted by Crippen LogP contribution is 2.20. The van der Waals surface area contributed by atoms with E-state index in [4.69, 9.17) is 12.2 Å². The van der Waals surface area contributed by atoms with Gasteiger partial charge in [-0.05, 0) is 52.4 Å². The van der Waals surface area contributed by atoms with Crippen LogP contribution in [0, 0.1) is 20.8 Å². The van der Waals surface area contributed by atoms with Crippen molar-refractivity contribution in [2.45, 2.75) is 47.2 Å². The molecule has 0 aliphatic heterocycles. The van der Waals surface area contributed by atoms with Gasteiger partial charge in [0.25, 0.3) is 0 Å². The van der Waals surface area contributed by atoms with Crippen LogP contribution in [-0.2, 0) is 6.54 Å². The first-order valence-electron chi connectivity index (χ1n) is 7.54. The molecular formula is C17H24N4S. The molecule has 0 spiro atoms. The van der Waals surface area contributed by atoms with Crippen LogP contribution < -0.4 is 10.6 Å². The molecule has 5 heteroatoms. The van der Waals surface area contributed by atoms with E-state index in [1.54, 1.807) is 0 Å². The molecule has 1 heterocycles. The summed E-state index contributed by atoms with van der Waals surface area (Å²) in [6.07, 6.45) is 0. The number of nitrogens with zero attached hydrogens (tertiary/aromatic N) is 2. The SMILES string of the molecule is Cc1ccc(Cn2nc(C)c(NC(=S)NC(C)C)c2C)cc1. The Morgan fingerprint density at radius 1 is 1.18 bits per heavy atom. The molecule has 22 heavy (non-hydrogen) atoms. The van der Waals surface area contributed by atoms with Crippen LogP contribution >= 0.6 is 12.2 Å². The lowest BCUT2D eigenvalue weighted by atomic mass is 10.1. The van der Waals surface area contributed by atoms with Crippen LogP contribution in [0.3, 0.4) is 0 Å². The first-order chi connectivity index (χ1) is 10.4. The van der Waals surface area contributed by atoms with Gasteiger partial charge in [0.15, 0.2) is 5.11 Å². The van der Waals surface area contributed by atoms with Crippen molar-refractivity contribution in [1.82, 2.24) is 15.1 Å². The van der Waals surface area contributed by atoms with Crippen molar-refractivity contribution >= 4 is 23.0 Å². The lowest BCUT2D eigenvalue weighted by molar-refractivity contribution is 0.659. The van der Waals surface area contributed by atoms with Gasteiger partial charge in [-0.1, -0.05) is 29.8 Å². The second-order valence-corrected chi connectivity index (χ2v) is 6.35. The molecule has 118 valence electrons. The van der Waals surface area contributed by atoms with Gasteiger partial charge in [-0.15, -0.1) is 0 Å². The summed E-state index contributed by atoms with van der Waals surface area (Å²) in [7, 11) is 0. The number of thiocarbonyl (C=S) groups is 1. The Bertz CT molecular complexity index is 656. The van der Waals surface area contributed by atoms with Gasteiger partial charge in [0.2, 0.25) is 0 Å². The maximum Gasteiger partial charge on any atom is 0.171 e. The monoisotopic (exact) mass is 316 g/mol. The van der Waals surface area contributed by atoms with Crippen LogP contribution in [0.25, 0.3) is 0 Å². The van der Waals surface area contributed by atoms with Crippen molar-refractivity contribution in [3.05, 3.63) is 46.8 Å². The van der Waals surface area contributed by atoms with Gasteiger partial charge in [-0.25, -0.2) is 0 Å². The fraction of sp³-hybridized carbons (Fsp3) is 0.412. The molecule has 0 radical (unpaired) electrons. The number of aromatic nitrogens is 2. The fourth-order valence-electron chi connectivity index (χ4n) is 2.31. The number of benzene rings is 1. The van der Waals surface area contributed by atoms with Crippen LogP contribution in [0.1, 0.15) is 36.4 Å². The average Bonchev–Trinajstić information content (AvgIpc) is 2.68. The summed E-state index contributed by atoms with van der Waals surface area (Å²) < 4.78 is 2.01. The summed E-state index contributed by atoms with van der Waals surface area (Å²) in [5.74, 6) is 0. The van der Waals surface area contributed by atoms with Gasteiger partial charge in [-0.2, -0.15) is 5.10 Å². The van der Waals surface area contributed by atoms with Crippen LogP contribution in [0.2, 0.25) is 0 Å². The van der Waals surface area contributed by atoms with Crippen molar-refractivity contribution in [2.75, 3.05) is 5.32 Å². The molecular weight excluding hydrogens is 292 g/mol. The van der Waals surface area contributed by atoms with Gasteiger partial charge >= 0.3 is 0 Å². The third kappa shape index (κ3) is 4.07. The smallest absolute Gasteiger partial charge is 0.171 e. The van der Waals surface area contributed by atoms with Crippen molar-refractivity contribution in [3.8, 4) is 0 Å². The Morgan fingerprint density at radius 2 is 1.82 bits per heavy atom. The van der Waals surface area contributed by atoms with E-state index in [0.29, 0.717) is 11.2 Å². The van der Waals surface area contributed by atoms with Crippen molar-refractivity contribution in [3.63, 3.8) is 0 Å². The third-order valence-corrected chi connectivity index (χ3v) is 3.71. The first-order valence-corrected chi connectivity index (χ1v) is 7.94. The number of aryl methyl sites for hydroxylation is 2. The number of hydrogen-bond acceptors (Lipinski definition) is 2. The minimum atomic E-state index is 0.309. The molecule has 0 bridgehead atoms. The van der Waals surface area contributed by atoms with Gasteiger partial charge in [0.05, 0.1) is 23.6 Å². The van der Waals surface area contributed by atoms with Crippen LogP contribution in [0.5, 0.6) is 0 Å². The summed E-state index contributed by atoms with van der Waals surface area (Å²) in [5, 5.41) is 11.7. The topological polar surface area (TPSA) is 41.9 Å². The van der Waals surface area contributed by atoms with Crippen LogP contribution in [0.4, 0.5) is 5.69 Å². The second-order valence-electron chi connectivity index (χ2n) is 5.94. The molecule has 4 nitrogen and oxygen atoms in total. The highest BCUT2D eigenvalue weighted by atomic mass is 32.1. The van der Waals surface area contributed by atoms with Crippen molar-refractivity contribution < 1.29 is 0 Å². The Morgan fingerprint density at radius 3 is 2.41 bits per heavy atom. The zero-order chi connectivity index (χ0) is 16.3. The minimum Gasteiger partial charge on any atom is -0.360 e. The number of rotatable bonds is 4. The Kier molecular flexibility index (Phi) is 5.19. The molecule has 0 atom stereocenters. The van der Waals surface area contributed by atoms with E-state index in [1.165, 1.54) is 11.1 Å². The lowest BCUT2D eigenvalue weighted by Gasteiger charge is -2.13. The molecule has 0 saturated carbocycles. The standard InChI is InChI=1S/C17H24N4S/c1-11(2)18-17(22)19-16-13(4)20-21(14(16)5)10-15-8-6-12(3)7-9-15/h6-9,11H,10H2,1-5H3,(H2,18,19,22). The number of nitrogens with one attached hydrogen (secondary N) is 2. The zero-order valence-electron chi connectivity index (χ0n) is 13.9. The van der Waals surface area contributed by atoms with Gasteiger partial charge in [0, 0.05) is 6.04 Å². The van der Waals surface area contributed by atoms with E-state index in [-0.39, 0.29) is 0 Å². The molecule has 0 fully saturated rings. The molecule has 0 saturated heterocycles.